The third-order valence-electron chi connectivity index (χ3n) is 9.43. The second-order valence-electron chi connectivity index (χ2n) is 15.5. The van der Waals surface area contributed by atoms with Gasteiger partial charge in [0.2, 0.25) is 0 Å². The molecule has 6 aromatic rings. The van der Waals surface area contributed by atoms with Crippen molar-refractivity contribution >= 4 is 50.6 Å². The van der Waals surface area contributed by atoms with E-state index in [1.807, 2.05) is 60.7 Å². The predicted molar refractivity (Wildman–Crippen MR) is 240 cm³/mol. The molecule has 0 radical (unpaired) electrons. The van der Waals surface area contributed by atoms with Crippen LogP contribution in [0.1, 0.15) is 92.5 Å². The summed E-state index contributed by atoms with van der Waals surface area (Å²) in [5.74, 6) is 0. The molecule has 0 nitrogen and oxygen atoms in total. The van der Waals surface area contributed by atoms with Gasteiger partial charge in [-0.15, -0.1) is 83.0 Å². The molecule has 0 N–H and O–H groups in total. The third-order valence-corrected chi connectivity index (χ3v) is 9.43. The summed E-state index contributed by atoms with van der Waals surface area (Å²) in [5, 5.41) is 5.02. The molecule has 2 aliphatic rings. The van der Waals surface area contributed by atoms with Gasteiger partial charge < -0.3 is 0 Å². The summed E-state index contributed by atoms with van der Waals surface area (Å²) in [4.78, 5) is 0. The maximum absolute atomic E-state index is 3.95. The zero-order chi connectivity index (χ0) is 38.1. The first-order valence-corrected chi connectivity index (χ1v) is 19.8. The number of hydrogen-bond acceptors (Lipinski definition) is 0. The van der Waals surface area contributed by atoms with Crippen LogP contribution in [0.15, 0.2) is 121 Å². The maximum atomic E-state index is 3.95. The Morgan fingerprint density at radius 2 is 1.11 bits per heavy atom. The van der Waals surface area contributed by atoms with E-state index in [9.17, 15) is 0 Å². The summed E-state index contributed by atoms with van der Waals surface area (Å²) in [5.41, 5.74) is 13.8. The Bertz CT molecular complexity index is 2030. The van der Waals surface area contributed by atoms with Gasteiger partial charge in [0.25, 0.3) is 0 Å². The molecule has 0 unspecified atom stereocenters. The van der Waals surface area contributed by atoms with Crippen molar-refractivity contribution in [1.29, 1.82) is 0 Å². The van der Waals surface area contributed by atoms with Crippen LogP contribution < -0.4 is 0 Å². The third kappa shape index (κ3) is 11.9. The summed E-state index contributed by atoms with van der Waals surface area (Å²) in [6.07, 6.45) is 11.0. The zero-order valence-corrected chi connectivity index (χ0v) is 37.5. The van der Waals surface area contributed by atoms with E-state index >= 15 is 0 Å². The van der Waals surface area contributed by atoms with E-state index in [1.165, 1.54) is 90.3 Å². The molecule has 0 bridgehead atoms. The molecular weight excluding hydrogens is 775 g/mol. The van der Waals surface area contributed by atoms with Crippen molar-refractivity contribution in [3.8, 4) is 11.1 Å². The Morgan fingerprint density at radius 1 is 0.630 bits per heavy atom. The van der Waals surface area contributed by atoms with Crippen molar-refractivity contribution in [2.24, 2.45) is 0 Å². The Balaban J connectivity index is 0.000000272. The Kier molecular flexibility index (Phi) is 18.0. The van der Waals surface area contributed by atoms with E-state index in [0.717, 1.165) is 24.0 Å². The van der Waals surface area contributed by atoms with Crippen molar-refractivity contribution in [3.63, 3.8) is 0 Å². The molecule has 2 aliphatic carbocycles. The standard InChI is InChI=1S/C23H29.2C11H9.C5H5.CH2.2ClH.Zr/c1-14-9-16-11-17-10-15(2)21(23(6,7)8)13-19(17)18(16)12-20(14)22(3,4)5;2*1-9-5-4-7-10-6-2-3-8-11(9)10;1-2-4-5-3-1;;;;/h9,12-13H,11H2,1-8H3;2*2-8H,1H2;1-3H,4H2;1H2;2*1H;/q4*-1;;;;. The van der Waals surface area contributed by atoms with Gasteiger partial charge in [-0.3, -0.25) is 6.08 Å². The fourth-order valence-corrected chi connectivity index (χ4v) is 6.95. The van der Waals surface area contributed by atoms with Gasteiger partial charge >= 0.3 is 28.4 Å². The average molecular weight is 831 g/mol. The number of allylic oxidation sites excluding steroid dienone is 4. The summed E-state index contributed by atoms with van der Waals surface area (Å²) in [7, 11) is 0. The topological polar surface area (TPSA) is 0 Å². The SMILES string of the molecule is Cc1[c-]c2c(cc1C(C)(C)C)-c1cc(C(C)(C)C)c(C)cc1C2.Cl.Cl.[C-]1=CC=CC1.[CH2-]c1cccc2ccccc12.[CH2-]c1cccc2ccccc12.[CH2]=[Zr]. The molecule has 54 heavy (non-hydrogen) atoms. The molecule has 0 atom stereocenters. The van der Waals surface area contributed by atoms with E-state index in [2.05, 4.69) is 146 Å². The Morgan fingerprint density at radius 3 is 1.54 bits per heavy atom. The fraction of sp³-hybridized carbons (Fsp3) is 0.235. The van der Waals surface area contributed by atoms with E-state index in [-0.39, 0.29) is 35.6 Å². The first kappa shape index (κ1) is 46.5. The van der Waals surface area contributed by atoms with Crippen LogP contribution in [0.25, 0.3) is 32.7 Å². The molecule has 3 heteroatoms. The van der Waals surface area contributed by atoms with E-state index < -0.39 is 0 Å². The van der Waals surface area contributed by atoms with E-state index in [0.29, 0.717) is 0 Å². The number of rotatable bonds is 0. The van der Waals surface area contributed by atoms with Crippen LogP contribution in [0.2, 0.25) is 0 Å². The monoisotopic (exact) mass is 828 g/mol. The molecule has 0 heterocycles. The molecule has 0 amide bonds. The van der Waals surface area contributed by atoms with Gasteiger partial charge in [-0.1, -0.05) is 131 Å². The molecule has 0 spiro atoms. The molecule has 8 rings (SSSR count). The van der Waals surface area contributed by atoms with Crippen LogP contribution in [0.3, 0.4) is 0 Å². The normalized spacial score (nSPS) is 11.8. The Hall–Kier alpha value is -3.61. The van der Waals surface area contributed by atoms with Gasteiger partial charge in [0.05, 0.1) is 0 Å². The molecule has 0 aromatic heterocycles. The van der Waals surface area contributed by atoms with E-state index in [4.69, 9.17) is 0 Å². The van der Waals surface area contributed by atoms with Crippen LogP contribution in [0, 0.1) is 39.8 Å². The van der Waals surface area contributed by atoms with Gasteiger partial charge in [0, 0.05) is 0 Å². The minimum atomic E-state index is 0. The number of fused-ring (bicyclic) bond motifs is 5. The zero-order valence-electron chi connectivity index (χ0n) is 33.4. The summed E-state index contributed by atoms with van der Waals surface area (Å²) in [6.45, 7) is 26.1. The average Bonchev–Trinajstić information content (AvgIpc) is 3.81. The quantitative estimate of drug-likeness (QED) is 0.134. The molecule has 0 saturated heterocycles. The molecule has 282 valence electrons. The van der Waals surface area contributed by atoms with Crippen LogP contribution in [-0.4, -0.2) is 4.21 Å². The van der Waals surface area contributed by atoms with Crippen molar-refractivity contribution < 1.29 is 24.2 Å². The van der Waals surface area contributed by atoms with Crippen LogP contribution >= 0.6 is 24.8 Å². The van der Waals surface area contributed by atoms with Gasteiger partial charge in [-0.05, 0) is 35.4 Å². The number of hydrogen-bond donors (Lipinski definition) is 0. The van der Waals surface area contributed by atoms with E-state index in [1.54, 1.807) is 0 Å². The summed E-state index contributed by atoms with van der Waals surface area (Å²) >= 11 is 1.30. The number of benzene rings is 6. The number of halogens is 2. The second kappa shape index (κ2) is 20.9. The van der Waals surface area contributed by atoms with Crippen LogP contribution in [-0.2, 0) is 41.5 Å². The van der Waals surface area contributed by atoms with Crippen molar-refractivity contribution in [2.45, 2.75) is 79.1 Å². The van der Waals surface area contributed by atoms with Crippen molar-refractivity contribution in [1.82, 2.24) is 0 Å². The molecule has 0 fully saturated rings. The van der Waals surface area contributed by atoms with Gasteiger partial charge in [0.1, 0.15) is 0 Å². The van der Waals surface area contributed by atoms with Gasteiger partial charge in [-0.2, -0.15) is 60.9 Å². The molecule has 6 aromatic carbocycles. The first-order valence-electron chi connectivity index (χ1n) is 18.1. The minimum absolute atomic E-state index is 0. The van der Waals surface area contributed by atoms with Gasteiger partial charge in [0.15, 0.2) is 0 Å². The predicted octanol–water partition coefficient (Wildman–Crippen LogP) is 14.4. The van der Waals surface area contributed by atoms with Crippen LogP contribution in [0.4, 0.5) is 0 Å². The second-order valence-corrected chi connectivity index (χ2v) is 15.5. The first-order chi connectivity index (χ1) is 24.7. The van der Waals surface area contributed by atoms with Crippen molar-refractivity contribution in [2.75, 3.05) is 0 Å². The molecular formula is C51H56Cl2Zr-4. The fourth-order valence-electron chi connectivity index (χ4n) is 6.95. The summed E-state index contributed by atoms with van der Waals surface area (Å²) < 4.78 is 3.34. The van der Waals surface area contributed by atoms with Crippen molar-refractivity contribution in [3.05, 3.63) is 192 Å². The Labute approximate surface area is 354 Å². The number of aryl methyl sites for hydroxylation is 2. The molecule has 0 saturated carbocycles. The summed E-state index contributed by atoms with van der Waals surface area (Å²) in [6, 6.07) is 39.8. The molecule has 0 aliphatic heterocycles. The van der Waals surface area contributed by atoms with Gasteiger partial charge in [-0.25, -0.2) is 12.2 Å². The van der Waals surface area contributed by atoms with Crippen LogP contribution in [0.5, 0.6) is 0 Å².